The van der Waals surface area contributed by atoms with Crippen LogP contribution in [0.5, 0.6) is 0 Å². The van der Waals surface area contributed by atoms with Crippen LogP contribution in [0.3, 0.4) is 0 Å². The number of ether oxygens (including phenoxy) is 1. The summed E-state index contributed by atoms with van der Waals surface area (Å²) in [4.78, 5) is 25.2. The van der Waals surface area contributed by atoms with Crippen LogP contribution >= 0.6 is 50.9 Å². The Bertz CT molecular complexity index is 1080. The molecule has 0 saturated heterocycles. The molecule has 2 aromatic rings. The number of carbonyl (C=O) groups excluding carboxylic acids is 2. The quantitative estimate of drug-likeness (QED) is 0.416. The molecule has 5 nitrogen and oxygen atoms in total. The molecular weight excluding hydrogens is 511 g/mol. The molecule has 0 aliphatic carbocycles. The summed E-state index contributed by atoms with van der Waals surface area (Å²) in [5.74, 6) is -2.74. The molecule has 0 saturated carbocycles. The number of nitrogens with zero attached hydrogens (tertiary/aromatic N) is 1. The van der Waals surface area contributed by atoms with Gasteiger partial charge in [0.15, 0.2) is 0 Å². The molecule has 0 spiro atoms. The van der Waals surface area contributed by atoms with Gasteiger partial charge in [0, 0.05) is 26.2 Å². The molecule has 3 rings (SSSR count). The van der Waals surface area contributed by atoms with Crippen molar-refractivity contribution in [1.29, 1.82) is 5.26 Å². The summed E-state index contributed by atoms with van der Waals surface area (Å²) in [5.41, 5.74) is 1.76. The molecule has 2 aromatic carbocycles. The molecule has 1 heterocycles. The third-order valence-corrected chi connectivity index (χ3v) is 6.72. The number of allylic oxidation sites excluding steroid dienone is 1. The van der Waals surface area contributed by atoms with E-state index in [0.717, 1.165) is 10.0 Å². The highest BCUT2D eigenvalue weighted by molar-refractivity contribution is 9.10. The predicted octanol–water partition coefficient (Wildman–Crippen LogP) is 5.43. The molecule has 30 heavy (non-hydrogen) atoms. The van der Waals surface area contributed by atoms with Gasteiger partial charge in [-0.15, -0.1) is 11.8 Å². The monoisotopic (exact) mass is 524 g/mol. The van der Waals surface area contributed by atoms with Crippen molar-refractivity contribution in [2.75, 3.05) is 7.11 Å². The summed E-state index contributed by atoms with van der Waals surface area (Å²) in [6.45, 7) is 0. The molecule has 1 aliphatic heterocycles. The fourth-order valence-corrected chi connectivity index (χ4v) is 5.19. The van der Waals surface area contributed by atoms with Crippen molar-refractivity contribution in [3.8, 4) is 6.07 Å². The number of rotatable bonds is 5. The lowest BCUT2D eigenvalue weighted by molar-refractivity contribution is -0.150. The molecule has 1 amide bonds. The van der Waals surface area contributed by atoms with Crippen LogP contribution in [0.1, 0.15) is 17.0 Å². The zero-order valence-electron chi connectivity index (χ0n) is 15.6. The molecular formula is C21H15BrCl2N2O3S. The summed E-state index contributed by atoms with van der Waals surface area (Å²) in [7, 11) is 1.22. The minimum Gasteiger partial charge on any atom is -0.468 e. The number of nitriles is 1. The molecule has 0 fully saturated rings. The molecule has 0 unspecified atom stereocenters. The van der Waals surface area contributed by atoms with Crippen LogP contribution in [0.15, 0.2) is 57.5 Å². The van der Waals surface area contributed by atoms with Gasteiger partial charge in [-0.05, 0) is 35.4 Å². The molecule has 9 heteroatoms. The Morgan fingerprint density at radius 3 is 2.70 bits per heavy atom. The second kappa shape index (κ2) is 9.88. The van der Waals surface area contributed by atoms with Gasteiger partial charge in [-0.1, -0.05) is 57.3 Å². The minimum absolute atomic E-state index is 0.290. The van der Waals surface area contributed by atoms with Gasteiger partial charge in [-0.2, -0.15) is 5.26 Å². The van der Waals surface area contributed by atoms with Crippen molar-refractivity contribution in [1.82, 2.24) is 5.32 Å². The number of nitrogens with one attached hydrogen (secondary N) is 1. The molecule has 154 valence electrons. The van der Waals surface area contributed by atoms with Crippen LogP contribution in [0.4, 0.5) is 0 Å². The van der Waals surface area contributed by atoms with E-state index in [1.54, 1.807) is 36.4 Å². The first-order valence-corrected chi connectivity index (χ1v) is 11.2. The van der Waals surface area contributed by atoms with Gasteiger partial charge in [0.2, 0.25) is 5.91 Å². The topological polar surface area (TPSA) is 79.2 Å². The van der Waals surface area contributed by atoms with Crippen molar-refractivity contribution in [2.24, 2.45) is 5.92 Å². The van der Waals surface area contributed by atoms with Gasteiger partial charge < -0.3 is 10.1 Å². The Balaban J connectivity index is 2.03. The number of esters is 1. The Labute approximate surface area is 196 Å². The third-order valence-electron chi connectivity index (χ3n) is 4.58. The zero-order chi connectivity index (χ0) is 21.8. The highest BCUT2D eigenvalue weighted by Gasteiger charge is 2.44. The number of halogens is 3. The lowest BCUT2D eigenvalue weighted by Gasteiger charge is -2.31. The van der Waals surface area contributed by atoms with E-state index in [0.29, 0.717) is 26.4 Å². The summed E-state index contributed by atoms with van der Waals surface area (Å²) in [6.07, 6.45) is 0. The maximum absolute atomic E-state index is 12.8. The van der Waals surface area contributed by atoms with Crippen LogP contribution in [0, 0.1) is 17.2 Å². The van der Waals surface area contributed by atoms with Crippen molar-refractivity contribution < 1.29 is 14.3 Å². The molecule has 0 bridgehead atoms. The Kier molecular flexibility index (Phi) is 7.48. The van der Waals surface area contributed by atoms with Crippen LogP contribution in [0.2, 0.25) is 10.0 Å². The van der Waals surface area contributed by atoms with E-state index in [2.05, 4.69) is 27.3 Å². The number of benzene rings is 2. The second-order valence-corrected chi connectivity index (χ2v) is 9.15. The molecule has 0 aromatic heterocycles. The first kappa shape index (κ1) is 22.7. The van der Waals surface area contributed by atoms with Crippen molar-refractivity contribution in [2.45, 2.75) is 11.7 Å². The maximum Gasteiger partial charge on any atom is 0.319 e. The van der Waals surface area contributed by atoms with Crippen LogP contribution in [-0.2, 0) is 20.1 Å². The van der Waals surface area contributed by atoms with Crippen molar-refractivity contribution in [3.05, 3.63) is 78.7 Å². The first-order valence-electron chi connectivity index (χ1n) is 8.70. The van der Waals surface area contributed by atoms with E-state index >= 15 is 0 Å². The molecule has 1 aliphatic rings. The summed E-state index contributed by atoms with van der Waals surface area (Å²) in [5, 5.41) is 14.0. The fourth-order valence-electron chi connectivity index (χ4n) is 3.17. The van der Waals surface area contributed by atoms with Crippen LogP contribution in [-0.4, -0.2) is 19.0 Å². The van der Waals surface area contributed by atoms with Gasteiger partial charge in [0.05, 0.1) is 23.8 Å². The standard InChI is InChI=1S/C21H15BrCl2N2O3S/c1-29-21(28)18-17(11-3-2-4-13(22)7-11)15(9-25)20(26-19(18)27)30-10-12-5-6-14(23)8-16(12)24/h2-8,17-18H,10H2,1H3,(H,26,27)/t17-,18-/m0/s1. The van der Waals surface area contributed by atoms with E-state index in [-0.39, 0.29) is 5.57 Å². The number of hydrogen-bond donors (Lipinski definition) is 1. The Hall–Kier alpha value is -1.98. The predicted molar refractivity (Wildman–Crippen MR) is 121 cm³/mol. The molecule has 2 atom stereocenters. The maximum atomic E-state index is 12.8. The van der Waals surface area contributed by atoms with Gasteiger partial charge >= 0.3 is 5.97 Å². The second-order valence-electron chi connectivity index (χ2n) is 6.40. The van der Waals surface area contributed by atoms with Gasteiger partial charge in [-0.3, -0.25) is 9.59 Å². The molecule has 1 N–H and O–H groups in total. The normalized spacial score (nSPS) is 18.6. The number of thioether (sulfide) groups is 1. The fraction of sp³-hybridized carbons (Fsp3) is 0.190. The van der Waals surface area contributed by atoms with E-state index in [1.165, 1.54) is 18.9 Å². The zero-order valence-corrected chi connectivity index (χ0v) is 19.5. The lowest BCUT2D eigenvalue weighted by Crippen LogP contribution is -2.44. The lowest BCUT2D eigenvalue weighted by atomic mass is 9.78. The highest BCUT2D eigenvalue weighted by Crippen LogP contribution is 2.41. The summed E-state index contributed by atoms with van der Waals surface area (Å²) >= 11 is 16.8. The van der Waals surface area contributed by atoms with E-state index < -0.39 is 23.7 Å². The van der Waals surface area contributed by atoms with E-state index in [4.69, 9.17) is 27.9 Å². The van der Waals surface area contributed by atoms with E-state index in [1.807, 2.05) is 6.07 Å². The van der Waals surface area contributed by atoms with Crippen LogP contribution < -0.4 is 5.32 Å². The summed E-state index contributed by atoms with van der Waals surface area (Å²) < 4.78 is 5.62. The molecule has 0 radical (unpaired) electrons. The van der Waals surface area contributed by atoms with Gasteiger partial charge in [-0.25, -0.2) is 0 Å². The average molecular weight is 526 g/mol. The third kappa shape index (κ3) is 4.84. The smallest absolute Gasteiger partial charge is 0.319 e. The highest BCUT2D eigenvalue weighted by atomic mass is 79.9. The van der Waals surface area contributed by atoms with Crippen molar-refractivity contribution in [3.63, 3.8) is 0 Å². The number of hydrogen-bond acceptors (Lipinski definition) is 5. The van der Waals surface area contributed by atoms with E-state index in [9.17, 15) is 14.9 Å². The van der Waals surface area contributed by atoms with Crippen molar-refractivity contribution >= 4 is 62.8 Å². The number of carbonyl (C=O) groups is 2. The average Bonchev–Trinajstić information content (AvgIpc) is 2.72. The van der Waals surface area contributed by atoms with Gasteiger partial charge in [0.25, 0.3) is 0 Å². The minimum atomic E-state index is -1.16. The first-order chi connectivity index (χ1) is 14.3. The van der Waals surface area contributed by atoms with Gasteiger partial charge in [0.1, 0.15) is 5.92 Å². The SMILES string of the molecule is COC(=O)[C@@H]1C(=O)NC(SCc2ccc(Cl)cc2Cl)=C(C#N)[C@@H]1c1cccc(Br)c1. The number of amides is 1. The number of methoxy groups -OCH3 is 1. The Morgan fingerprint density at radius 2 is 2.07 bits per heavy atom. The Morgan fingerprint density at radius 1 is 1.30 bits per heavy atom. The summed E-state index contributed by atoms with van der Waals surface area (Å²) in [6, 6.07) is 14.5. The largest absolute Gasteiger partial charge is 0.468 e. The van der Waals surface area contributed by atoms with Crippen LogP contribution in [0.25, 0.3) is 0 Å².